The molecule has 0 radical (unpaired) electrons. The summed E-state index contributed by atoms with van der Waals surface area (Å²) in [5.41, 5.74) is 2.41. The van der Waals surface area contributed by atoms with Gasteiger partial charge < -0.3 is 10.2 Å². The van der Waals surface area contributed by atoms with E-state index in [1.807, 2.05) is 23.1 Å². The number of likely N-dealkylation sites (tertiary alicyclic amines) is 1. The number of hydrogen-bond acceptors (Lipinski definition) is 2. The molecule has 1 aliphatic heterocycles. The second-order valence-electron chi connectivity index (χ2n) is 6.42. The summed E-state index contributed by atoms with van der Waals surface area (Å²) in [6.45, 7) is 2.35. The Morgan fingerprint density at radius 1 is 1.08 bits per heavy atom. The SMILES string of the molecule is O=C(NCCc1ccccn1)N1CCC(Cc2ccccc2)CC1. The van der Waals surface area contributed by atoms with E-state index >= 15 is 0 Å². The molecular formula is C20H25N3O. The average molecular weight is 323 g/mol. The summed E-state index contributed by atoms with van der Waals surface area (Å²) in [6.07, 6.45) is 5.85. The number of carbonyl (C=O) groups is 1. The van der Waals surface area contributed by atoms with Crippen molar-refractivity contribution in [3.05, 3.63) is 66.0 Å². The smallest absolute Gasteiger partial charge is 0.317 e. The number of hydrogen-bond donors (Lipinski definition) is 1. The van der Waals surface area contributed by atoms with Crippen molar-refractivity contribution in [2.45, 2.75) is 25.7 Å². The van der Waals surface area contributed by atoms with E-state index in [0.29, 0.717) is 12.5 Å². The fourth-order valence-corrected chi connectivity index (χ4v) is 3.24. The highest BCUT2D eigenvalue weighted by Crippen LogP contribution is 2.21. The summed E-state index contributed by atoms with van der Waals surface area (Å²) in [6, 6.07) is 16.6. The van der Waals surface area contributed by atoms with Crippen LogP contribution in [0.2, 0.25) is 0 Å². The fourth-order valence-electron chi connectivity index (χ4n) is 3.24. The first kappa shape index (κ1) is 16.5. The highest BCUT2D eigenvalue weighted by atomic mass is 16.2. The maximum Gasteiger partial charge on any atom is 0.317 e. The molecule has 2 amide bonds. The van der Waals surface area contributed by atoms with Crippen molar-refractivity contribution in [2.24, 2.45) is 5.92 Å². The molecule has 0 unspecified atom stereocenters. The number of nitrogens with one attached hydrogen (secondary N) is 1. The predicted octanol–water partition coefficient (Wildman–Crippen LogP) is 3.29. The van der Waals surface area contributed by atoms with Crippen LogP contribution in [0.4, 0.5) is 4.79 Å². The second-order valence-corrected chi connectivity index (χ2v) is 6.42. The van der Waals surface area contributed by atoms with Gasteiger partial charge in [-0.1, -0.05) is 36.4 Å². The average Bonchev–Trinajstić information content (AvgIpc) is 2.64. The first-order valence-electron chi connectivity index (χ1n) is 8.78. The lowest BCUT2D eigenvalue weighted by molar-refractivity contribution is 0.170. The number of urea groups is 1. The zero-order valence-corrected chi connectivity index (χ0v) is 14.0. The Bertz CT molecular complexity index is 622. The van der Waals surface area contributed by atoms with Crippen molar-refractivity contribution in [2.75, 3.05) is 19.6 Å². The van der Waals surface area contributed by atoms with Gasteiger partial charge in [-0.3, -0.25) is 4.98 Å². The predicted molar refractivity (Wildman–Crippen MR) is 95.8 cm³/mol. The molecule has 1 aromatic carbocycles. The number of benzene rings is 1. The summed E-state index contributed by atoms with van der Waals surface area (Å²) >= 11 is 0. The molecule has 126 valence electrons. The Balaban J connectivity index is 1.37. The summed E-state index contributed by atoms with van der Waals surface area (Å²) < 4.78 is 0. The summed E-state index contributed by atoms with van der Waals surface area (Å²) in [4.78, 5) is 18.5. The molecular weight excluding hydrogens is 298 g/mol. The lowest BCUT2D eigenvalue weighted by Crippen LogP contribution is -2.45. The molecule has 4 heteroatoms. The molecule has 3 rings (SSSR count). The van der Waals surface area contributed by atoms with Gasteiger partial charge in [0.05, 0.1) is 0 Å². The number of rotatable bonds is 5. The van der Waals surface area contributed by atoms with Crippen LogP contribution in [-0.4, -0.2) is 35.5 Å². The summed E-state index contributed by atoms with van der Waals surface area (Å²) in [5.74, 6) is 0.685. The molecule has 0 spiro atoms. The molecule has 0 saturated carbocycles. The van der Waals surface area contributed by atoms with Crippen LogP contribution >= 0.6 is 0 Å². The lowest BCUT2D eigenvalue weighted by atomic mass is 9.90. The maximum absolute atomic E-state index is 12.2. The molecule has 0 aliphatic carbocycles. The highest BCUT2D eigenvalue weighted by Gasteiger charge is 2.22. The zero-order chi connectivity index (χ0) is 16.6. The number of amides is 2. The van der Waals surface area contributed by atoms with E-state index in [0.717, 1.165) is 44.5 Å². The Morgan fingerprint density at radius 3 is 2.54 bits per heavy atom. The van der Waals surface area contributed by atoms with E-state index in [2.05, 4.69) is 40.6 Å². The van der Waals surface area contributed by atoms with Crippen LogP contribution in [0.1, 0.15) is 24.1 Å². The molecule has 4 nitrogen and oxygen atoms in total. The normalized spacial score (nSPS) is 15.2. The van der Waals surface area contributed by atoms with Gasteiger partial charge in [0.15, 0.2) is 0 Å². The zero-order valence-electron chi connectivity index (χ0n) is 14.0. The number of carbonyl (C=O) groups excluding carboxylic acids is 1. The third-order valence-electron chi connectivity index (χ3n) is 4.65. The van der Waals surface area contributed by atoms with Gasteiger partial charge in [-0.25, -0.2) is 4.79 Å². The van der Waals surface area contributed by atoms with Crippen molar-refractivity contribution < 1.29 is 4.79 Å². The quantitative estimate of drug-likeness (QED) is 0.918. The van der Waals surface area contributed by atoms with Gasteiger partial charge in [0.2, 0.25) is 0 Å². The Kier molecular flexibility index (Phi) is 5.83. The van der Waals surface area contributed by atoms with Gasteiger partial charge >= 0.3 is 6.03 Å². The Morgan fingerprint density at radius 2 is 1.83 bits per heavy atom. The molecule has 1 aliphatic rings. The summed E-state index contributed by atoms with van der Waals surface area (Å²) in [7, 11) is 0. The van der Waals surface area contributed by atoms with Gasteiger partial charge in [0.25, 0.3) is 0 Å². The third kappa shape index (κ3) is 4.82. The second kappa shape index (κ2) is 8.48. The van der Waals surface area contributed by atoms with Crippen molar-refractivity contribution >= 4 is 6.03 Å². The number of piperidine rings is 1. The van der Waals surface area contributed by atoms with Gasteiger partial charge in [-0.15, -0.1) is 0 Å². The van der Waals surface area contributed by atoms with Gasteiger partial charge in [-0.2, -0.15) is 0 Å². The molecule has 1 saturated heterocycles. The highest BCUT2D eigenvalue weighted by molar-refractivity contribution is 5.74. The minimum atomic E-state index is 0.0593. The van der Waals surface area contributed by atoms with Crippen LogP contribution in [0.25, 0.3) is 0 Å². The van der Waals surface area contributed by atoms with Crippen LogP contribution in [0.15, 0.2) is 54.7 Å². The largest absolute Gasteiger partial charge is 0.338 e. The number of aromatic nitrogens is 1. The van der Waals surface area contributed by atoms with Gasteiger partial charge in [0, 0.05) is 37.9 Å². The molecule has 2 heterocycles. The first-order valence-corrected chi connectivity index (χ1v) is 8.78. The standard InChI is InChI=1S/C20H25N3O/c24-20(22-13-9-19-8-4-5-12-21-19)23-14-10-18(11-15-23)16-17-6-2-1-3-7-17/h1-8,12,18H,9-11,13-16H2,(H,22,24). The molecule has 1 fully saturated rings. The first-order chi connectivity index (χ1) is 11.8. The van der Waals surface area contributed by atoms with Crippen LogP contribution in [0.3, 0.4) is 0 Å². The van der Waals surface area contributed by atoms with Crippen LogP contribution in [-0.2, 0) is 12.8 Å². The van der Waals surface area contributed by atoms with Crippen molar-refractivity contribution in [1.29, 1.82) is 0 Å². The monoisotopic (exact) mass is 323 g/mol. The molecule has 24 heavy (non-hydrogen) atoms. The van der Waals surface area contributed by atoms with Crippen LogP contribution < -0.4 is 5.32 Å². The van der Waals surface area contributed by atoms with Crippen LogP contribution in [0, 0.1) is 5.92 Å². The topological polar surface area (TPSA) is 45.2 Å². The van der Waals surface area contributed by atoms with E-state index in [1.54, 1.807) is 6.20 Å². The molecule has 0 bridgehead atoms. The Labute approximate surface area is 143 Å². The van der Waals surface area contributed by atoms with E-state index in [4.69, 9.17) is 0 Å². The lowest BCUT2D eigenvalue weighted by Gasteiger charge is -2.32. The molecule has 0 atom stereocenters. The van der Waals surface area contributed by atoms with Crippen molar-refractivity contribution in [3.63, 3.8) is 0 Å². The number of nitrogens with zero attached hydrogens (tertiary/aromatic N) is 2. The fraction of sp³-hybridized carbons (Fsp3) is 0.400. The summed E-state index contributed by atoms with van der Waals surface area (Å²) in [5, 5.41) is 3.01. The minimum Gasteiger partial charge on any atom is -0.338 e. The molecule has 1 aromatic heterocycles. The van der Waals surface area contributed by atoms with E-state index < -0.39 is 0 Å². The van der Waals surface area contributed by atoms with Crippen molar-refractivity contribution in [1.82, 2.24) is 15.2 Å². The minimum absolute atomic E-state index is 0.0593. The molecule has 2 aromatic rings. The van der Waals surface area contributed by atoms with E-state index in [9.17, 15) is 4.79 Å². The van der Waals surface area contributed by atoms with Crippen molar-refractivity contribution in [3.8, 4) is 0 Å². The van der Waals surface area contributed by atoms with Gasteiger partial charge in [0.1, 0.15) is 0 Å². The molecule has 1 N–H and O–H groups in total. The number of pyridine rings is 1. The van der Waals surface area contributed by atoms with E-state index in [-0.39, 0.29) is 6.03 Å². The van der Waals surface area contributed by atoms with E-state index in [1.165, 1.54) is 5.56 Å². The third-order valence-corrected chi connectivity index (χ3v) is 4.65. The van der Waals surface area contributed by atoms with Crippen LogP contribution in [0.5, 0.6) is 0 Å². The maximum atomic E-state index is 12.2. The Hall–Kier alpha value is -2.36. The van der Waals surface area contributed by atoms with Gasteiger partial charge in [-0.05, 0) is 42.9 Å².